The summed E-state index contributed by atoms with van der Waals surface area (Å²) in [6, 6.07) is 0.485. The number of nitrogens with two attached hydrogens (primary N) is 1. The topological polar surface area (TPSA) is 46.3 Å². The maximum atomic E-state index is 12.6. The standard InChI is InChI=1S/C14H26N2O/c1-11-5-4-8-13(11)14(17)16(10-9-15)12-6-2-3-7-12/h11-13H,2-10,15H2,1H3. The number of carbonyl (C=O) groups excluding carboxylic acids is 1. The Labute approximate surface area is 105 Å². The molecular formula is C14H26N2O. The van der Waals surface area contributed by atoms with Crippen molar-refractivity contribution in [3.05, 3.63) is 0 Å². The van der Waals surface area contributed by atoms with Gasteiger partial charge in [-0.1, -0.05) is 26.2 Å². The Kier molecular flexibility index (Phi) is 4.43. The molecule has 17 heavy (non-hydrogen) atoms. The van der Waals surface area contributed by atoms with E-state index in [4.69, 9.17) is 5.73 Å². The van der Waals surface area contributed by atoms with Gasteiger partial charge < -0.3 is 10.6 Å². The highest BCUT2D eigenvalue weighted by Crippen LogP contribution is 2.34. The van der Waals surface area contributed by atoms with E-state index < -0.39 is 0 Å². The summed E-state index contributed by atoms with van der Waals surface area (Å²) in [4.78, 5) is 14.7. The molecule has 2 aliphatic carbocycles. The molecule has 2 N–H and O–H groups in total. The smallest absolute Gasteiger partial charge is 0.226 e. The zero-order chi connectivity index (χ0) is 12.3. The van der Waals surface area contributed by atoms with Gasteiger partial charge in [0.1, 0.15) is 0 Å². The van der Waals surface area contributed by atoms with Crippen molar-refractivity contribution >= 4 is 5.91 Å². The fraction of sp³-hybridized carbons (Fsp3) is 0.929. The molecule has 0 aliphatic heterocycles. The van der Waals surface area contributed by atoms with Crippen molar-refractivity contribution in [3.8, 4) is 0 Å². The summed E-state index contributed by atoms with van der Waals surface area (Å²) in [5.41, 5.74) is 5.67. The van der Waals surface area contributed by atoms with Crippen molar-refractivity contribution < 1.29 is 4.79 Å². The van der Waals surface area contributed by atoms with E-state index in [0.717, 1.165) is 13.0 Å². The van der Waals surface area contributed by atoms with Crippen LogP contribution in [-0.2, 0) is 4.79 Å². The van der Waals surface area contributed by atoms with Gasteiger partial charge in [-0.15, -0.1) is 0 Å². The van der Waals surface area contributed by atoms with Gasteiger partial charge >= 0.3 is 0 Å². The predicted molar refractivity (Wildman–Crippen MR) is 69.5 cm³/mol. The molecule has 1 amide bonds. The molecule has 0 aromatic rings. The summed E-state index contributed by atoms with van der Waals surface area (Å²) in [6.45, 7) is 3.58. The molecule has 2 atom stereocenters. The highest BCUT2D eigenvalue weighted by atomic mass is 16.2. The van der Waals surface area contributed by atoms with Crippen LogP contribution < -0.4 is 5.73 Å². The van der Waals surface area contributed by atoms with Gasteiger partial charge in [-0.05, 0) is 31.6 Å². The molecule has 2 aliphatic rings. The van der Waals surface area contributed by atoms with E-state index in [0.29, 0.717) is 24.4 Å². The minimum Gasteiger partial charge on any atom is -0.338 e. The molecule has 0 bridgehead atoms. The Morgan fingerprint density at radius 1 is 1.18 bits per heavy atom. The fourth-order valence-electron chi connectivity index (χ4n) is 3.55. The molecule has 3 nitrogen and oxygen atoms in total. The van der Waals surface area contributed by atoms with Crippen LogP contribution in [0.1, 0.15) is 51.9 Å². The average molecular weight is 238 g/mol. The van der Waals surface area contributed by atoms with Crippen molar-refractivity contribution in [2.45, 2.75) is 57.9 Å². The van der Waals surface area contributed by atoms with Gasteiger partial charge in [0, 0.05) is 25.0 Å². The van der Waals surface area contributed by atoms with Crippen LogP contribution in [0.5, 0.6) is 0 Å². The summed E-state index contributed by atoms with van der Waals surface area (Å²) in [5, 5.41) is 0. The minimum atomic E-state index is 0.280. The average Bonchev–Trinajstić information content (AvgIpc) is 2.95. The number of rotatable bonds is 4. The molecule has 2 saturated carbocycles. The molecular weight excluding hydrogens is 212 g/mol. The third kappa shape index (κ3) is 2.82. The first kappa shape index (κ1) is 12.9. The van der Waals surface area contributed by atoms with Crippen LogP contribution in [0.2, 0.25) is 0 Å². The number of hydrogen-bond donors (Lipinski definition) is 1. The van der Waals surface area contributed by atoms with Crippen molar-refractivity contribution in [3.63, 3.8) is 0 Å². The molecule has 0 spiro atoms. The third-order valence-corrected chi connectivity index (χ3v) is 4.60. The SMILES string of the molecule is CC1CCCC1C(=O)N(CCN)C1CCCC1. The lowest BCUT2D eigenvalue weighted by Crippen LogP contribution is -2.45. The monoisotopic (exact) mass is 238 g/mol. The molecule has 3 heteroatoms. The highest BCUT2D eigenvalue weighted by Gasteiger charge is 2.35. The molecule has 2 unspecified atom stereocenters. The lowest BCUT2D eigenvalue weighted by Gasteiger charge is -2.32. The van der Waals surface area contributed by atoms with Crippen molar-refractivity contribution in [2.24, 2.45) is 17.6 Å². The second-order valence-corrected chi connectivity index (χ2v) is 5.77. The zero-order valence-electron chi connectivity index (χ0n) is 11.0. The minimum absolute atomic E-state index is 0.280. The molecule has 2 fully saturated rings. The predicted octanol–water partition coefficient (Wildman–Crippen LogP) is 2.15. The normalized spacial score (nSPS) is 29.8. The quantitative estimate of drug-likeness (QED) is 0.815. The number of nitrogens with zero attached hydrogens (tertiary/aromatic N) is 1. The number of amides is 1. The second kappa shape index (κ2) is 5.85. The van der Waals surface area contributed by atoms with Crippen LogP contribution >= 0.6 is 0 Å². The van der Waals surface area contributed by atoms with E-state index in [1.54, 1.807) is 0 Å². The Bertz CT molecular complexity index is 261. The summed E-state index contributed by atoms with van der Waals surface area (Å²) in [7, 11) is 0. The van der Waals surface area contributed by atoms with E-state index in [1.165, 1.54) is 38.5 Å². The fourth-order valence-corrected chi connectivity index (χ4v) is 3.55. The van der Waals surface area contributed by atoms with E-state index >= 15 is 0 Å². The van der Waals surface area contributed by atoms with Crippen LogP contribution in [0.4, 0.5) is 0 Å². The van der Waals surface area contributed by atoms with Crippen molar-refractivity contribution in [1.82, 2.24) is 4.90 Å². The van der Waals surface area contributed by atoms with Gasteiger partial charge in [-0.25, -0.2) is 0 Å². The number of carbonyl (C=O) groups is 1. The molecule has 0 heterocycles. The van der Waals surface area contributed by atoms with E-state index in [9.17, 15) is 4.79 Å². The Morgan fingerprint density at radius 3 is 2.41 bits per heavy atom. The van der Waals surface area contributed by atoms with Crippen molar-refractivity contribution in [2.75, 3.05) is 13.1 Å². The molecule has 2 rings (SSSR count). The van der Waals surface area contributed by atoms with Crippen LogP contribution in [0, 0.1) is 11.8 Å². The first-order valence-corrected chi connectivity index (χ1v) is 7.24. The van der Waals surface area contributed by atoms with Gasteiger partial charge in [0.05, 0.1) is 0 Å². The first-order valence-electron chi connectivity index (χ1n) is 7.24. The molecule has 98 valence electrons. The maximum Gasteiger partial charge on any atom is 0.226 e. The summed E-state index contributed by atoms with van der Waals surface area (Å²) < 4.78 is 0. The van der Waals surface area contributed by atoms with E-state index in [2.05, 4.69) is 11.8 Å². The van der Waals surface area contributed by atoms with Crippen LogP contribution in [0.25, 0.3) is 0 Å². The third-order valence-electron chi connectivity index (χ3n) is 4.60. The molecule has 0 radical (unpaired) electrons. The highest BCUT2D eigenvalue weighted by molar-refractivity contribution is 5.79. The van der Waals surface area contributed by atoms with E-state index in [-0.39, 0.29) is 5.92 Å². The van der Waals surface area contributed by atoms with Gasteiger partial charge in [0.15, 0.2) is 0 Å². The van der Waals surface area contributed by atoms with Crippen LogP contribution in [-0.4, -0.2) is 29.9 Å². The van der Waals surface area contributed by atoms with Gasteiger partial charge in [0.2, 0.25) is 5.91 Å². The Morgan fingerprint density at radius 2 is 1.88 bits per heavy atom. The van der Waals surface area contributed by atoms with E-state index in [1.807, 2.05) is 0 Å². The van der Waals surface area contributed by atoms with Gasteiger partial charge in [-0.3, -0.25) is 4.79 Å². The van der Waals surface area contributed by atoms with Crippen LogP contribution in [0.3, 0.4) is 0 Å². The lowest BCUT2D eigenvalue weighted by atomic mass is 9.95. The summed E-state index contributed by atoms with van der Waals surface area (Å²) in [6.07, 6.45) is 8.46. The molecule has 0 saturated heterocycles. The Hall–Kier alpha value is -0.570. The second-order valence-electron chi connectivity index (χ2n) is 5.77. The lowest BCUT2D eigenvalue weighted by molar-refractivity contribution is -0.138. The van der Waals surface area contributed by atoms with Crippen LogP contribution in [0.15, 0.2) is 0 Å². The summed E-state index contributed by atoms with van der Waals surface area (Å²) in [5.74, 6) is 1.25. The molecule has 0 aromatic heterocycles. The Balaban J connectivity index is 2.01. The van der Waals surface area contributed by atoms with Gasteiger partial charge in [0.25, 0.3) is 0 Å². The molecule has 0 aromatic carbocycles. The first-order chi connectivity index (χ1) is 8.24. The van der Waals surface area contributed by atoms with Gasteiger partial charge in [-0.2, -0.15) is 0 Å². The maximum absolute atomic E-state index is 12.6. The summed E-state index contributed by atoms with van der Waals surface area (Å²) >= 11 is 0. The van der Waals surface area contributed by atoms with Crippen molar-refractivity contribution in [1.29, 1.82) is 0 Å². The number of hydrogen-bond acceptors (Lipinski definition) is 2. The largest absolute Gasteiger partial charge is 0.338 e. The zero-order valence-corrected chi connectivity index (χ0v) is 11.0.